The molecule has 1 fully saturated rings. The number of hydrogen-bond acceptors (Lipinski definition) is 4. The maximum Gasteiger partial charge on any atom is 0.311 e. The molecule has 0 unspecified atom stereocenters. The summed E-state index contributed by atoms with van der Waals surface area (Å²) in [5.41, 5.74) is 0. The van der Waals surface area contributed by atoms with Gasteiger partial charge in [-0.15, -0.1) is 0 Å². The van der Waals surface area contributed by atoms with Crippen molar-refractivity contribution in [3.8, 4) is 0 Å². The average molecular weight is 188 g/mol. The van der Waals surface area contributed by atoms with Crippen molar-refractivity contribution in [3.63, 3.8) is 0 Å². The van der Waals surface area contributed by atoms with Gasteiger partial charge in [-0.3, -0.25) is 4.79 Å². The molecule has 76 valence electrons. The van der Waals surface area contributed by atoms with Crippen LogP contribution in [0.15, 0.2) is 0 Å². The number of rotatable bonds is 2. The Morgan fingerprint density at radius 1 is 1.62 bits per heavy atom. The predicted octanol–water partition coefficient (Wildman–Crippen LogP) is 0.947. The zero-order valence-corrected chi connectivity index (χ0v) is 8.49. The van der Waals surface area contributed by atoms with Gasteiger partial charge in [-0.05, 0) is 20.8 Å². The second-order valence-corrected chi connectivity index (χ2v) is 3.68. The molecule has 0 saturated carbocycles. The van der Waals surface area contributed by atoms with Crippen molar-refractivity contribution in [1.29, 1.82) is 0 Å². The van der Waals surface area contributed by atoms with Gasteiger partial charge in [0.15, 0.2) is 5.79 Å². The Labute approximate surface area is 78.2 Å². The lowest BCUT2D eigenvalue weighted by molar-refractivity contribution is -0.160. The molecule has 4 nitrogen and oxygen atoms in total. The molecular formula is C9H16O4. The molecule has 0 aromatic rings. The summed E-state index contributed by atoms with van der Waals surface area (Å²) in [4.78, 5) is 11.2. The number of carbonyl (C=O) groups excluding carboxylic acids is 1. The van der Waals surface area contributed by atoms with E-state index in [0.717, 1.165) is 0 Å². The van der Waals surface area contributed by atoms with Crippen LogP contribution in [0.5, 0.6) is 0 Å². The highest BCUT2D eigenvalue weighted by atomic mass is 16.7. The lowest BCUT2D eigenvalue weighted by Gasteiger charge is -2.19. The monoisotopic (exact) mass is 188 g/mol. The molecule has 0 spiro atoms. The fourth-order valence-electron chi connectivity index (χ4n) is 1.30. The fraction of sp³-hybridized carbons (Fsp3) is 0.889. The smallest absolute Gasteiger partial charge is 0.311 e. The van der Waals surface area contributed by atoms with Gasteiger partial charge in [0.2, 0.25) is 0 Å². The van der Waals surface area contributed by atoms with Crippen LogP contribution in [0.3, 0.4) is 0 Å². The van der Waals surface area contributed by atoms with Crippen LogP contribution in [-0.4, -0.2) is 31.6 Å². The van der Waals surface area contributed by atoms with Crippen LogP contribution in [-0.2, 0) is 19.0 Å². The van der Waals surface area contributed by atoms with Gasteiger partial charge in [0.25, 0.3) is 0 Å². The summed E-state index contributed by atoms with van der Waals surface area (Å²) >= 11 is 0. The Bertz CT molecular complexity index is 200. The molecule has 0 aliphatic carbocycles. The number of esters is 1. The molecule has 0 bridgehead atoms. The van der Waals surface area contributed by atoms with E-state index in [2.05, 4.69) is 4.74 Å². The van der Waals surface area contributed by atoms with Crippen LogP contribution < -0.4 is 0 Å². The topological polar surface area (TPSA) is 44.8 Å². The van der Waals surface area contributed by atoms with Gasteiger partial charge in [0.1, 0.15) is 0 Å². The van der Waals surface area contributed by atoms with Crippen molar-refractivity contribution in [2.45, 2.75) is 32.7 Å². The zero-order valence-electron chi connectivity index (χ0n) is 8.49. The van der Waals surface area contributed by atoms with Gasteiger partial charge in [-0.2, -0.15) is 0 Å². The molecule has 1 saturated heterocycles. The maximum atomic E-state index is 11.2. The van der Waals surface area contributed by atoms with Gasteiger partial charge >= 0.3 is 5.97 Å². The predicted molar refractivity (Wildman–Crippen MR) is 46.1 cm³/mol. The van der Waals surface area contributed by atoms with E-state index in [-0.39, 0.29) is 18.0 Å². The van der Waals surface area contributed by atoms with Crippen LogP contribution in [0.2, 0.25) is 0 Å². The Hall–Kier alpha value is -0.610. The molecule has 4 heteroatoms. The normalized spacial score (nSPS) is 28.5. The highest BCUT2D eigenvalue weighted by molar-refractivity contribution is 5.72. The standard InChI is InChI=1S/C9H16O4/c1-6(8(10)11-4)7-5-12-9(2,3)13-7/h6-7H,5H2,1-4H3/t6-,7+/m0/s1. The summed E-state index contributed by atoms with van der Waals surface area (Å²) in [7, 11) is 1.37. The van der Waals surface area contributed by atoms with E-state index in [0.29, 0.717) is 6.61 Å². The molecule has 1 heterocycles. The quantitative estimate of drug-likeness (QED) is 0.605. The van der Waals surface area contributed by atoms with E-state index in [4.69, 9.17) is 9.47 Å². The van der Waals surface area contributed by atoms with Crippen molar-refractivity contribution in [3.05, 3.63) is 0 Å². The third-order valence-corrected chi connectivity index (χ3v) is 2.16. The lowest BCUT2D eigenvalue weighted by atomic mass is 10.1. The molecule has 0 aromatic heterocycles. The van der Waals surface area contributed by atoms with E-state index in [1.807, 2.05) is 13.8 Å². The first kappa shape index (κ1) is 10.5. The largest absolute Gasteiger partial charge is 0.469 e. The van der Waals surface area contributed by atoms with E-state index in [1.165, 1.54) is 7.11 Å². The number of methoxy groups -OCH3 is 1. The first-order valence-corrected chi connectivity index (χ1v) is 4.36. The molecule has 13 heavy (non-hydrogen) atoms. The van der Waals surface area contributed by atoms with Gasteiger partial charge in [0.05, 0.1) is 25.7 Å². The number of ether oxygens (including phenoxy) is 3. The summed E-state index contributed by atoms with van der Waals surface area (Å²) in [6, 6.07) is 0. The van der Waals surface area contributed by atoms with E-state index in [9.17, 15) is 4.79 Å². The molecule has 0 N–H and O–H groups in total. The van der Waals surface area contributed by atoms with Crippen molar-refractivity contribution in [2.24, 2.45) is 5.92 Å². The molecular weight excluding hydrogens is 172 g/mol. The summed E-state index contributed by atoms with van der Waals surface area (Å²) in [6.45, 7) is 5.89. The van der Waals surface area contributed by atoms with Crippen LogP contribution in [0, 0.1) is 5.92 Å². The Morgan fingerprint density at radius 3 is 2.62 bits per heavy atom. The second kappa shape index (κ2) is 3.64. The third kappa shape index (κ3) is 2.42. The minimum Gasteiger partial charge on any atom is -0.469 e. The highest BCUT2D eigenvalue weighted by Crippen LogP contribution is 2.26. The van der Waals surface area contributed by atoms with Gasteiger partial charge in [-0.1, -0.05) is 0 Å². The van der Waals surface area contributed by atoms with Crippen molar-refractivity contribution in [2.75, 3.05) is 13.7 Å². The number of hydrogen-bond donors (Lipinski definition) is 0. The molecule has 0 aromatic carbocycles. The van der Waals surface area contributed by atoms with Crippen molar-refractivity contribution in [1.82, 2.24) is 0 Å². The Morgan fingerprint density at radius 2 is 2.23 bits per heavy atom. The maximum absolute atomic E-state index is 11.2. The Kier molecular flexibility index (Phi) is 2.93. The first-order chi connectivity index (χ1) is 5.96. The Balaban J connectivity index is 2.51. The minimum absolute atomic E-state index is 0.192. The van der Waals surface area contributed by atoms with E-state index in [1.54, 1.807) is 6.92 Å². The zero-order chi connectivity index (χ0) is 10.1. The fourth-order valence-corrected chi connectivity index (χ4v) is 1.30. The lowest BCUT2D eigenvalue weighted by Crippen LogP contribution is -2.30. The summed E-state index contributed by atoms with van der Waals surface area (Å²) in [6.07, 6.45) is -0.192. The van der Waals surface area contributed by atoms with Gasteiger partial charge in [-0.25, -0.2) is 0 Å². The van der Waals surface area contributed by atoms with Gasteiger partial charge in [0, 0.05) is 0 Å². The van der Waals surface area contributed by atoms with Crippen molar-refractivity contribution < 1.29 is 19.0 Å². The van der Waals surface area contributed by atoms with Crippen LogP contribution in [0.25, 0.3) is 0 Å². The number of carbonyl (C=O) groups is 1. The van der Waals surface area contributed by atoms with E-state index < -0.39 is 5.79 Å². The van der Waals surface area contributed by atoms with Gasteiger partial charge < -0.3 is 14.2 Å². The molecule has 2 atom stereocenters. The summed E-state index contributed by atoms with van der Waals surface area (Å²) < 4.78 is 15.5. The third-order valence-electron chi connectivity index (χ3n) is 2.16. The second-order valence-electron chi connectivity index (χ2n) is 3.68. The summed E-state index contributed by atoms with van der Waals surface area (Å²) in [5, 5.41) is 0. The molecule has 1 rings (SSSR count). The molecule has 0 amide bonds. The molecule has 1 aliphatic rings. The van der Waals surface area contributed by atoms with Crippen LogP contribution in [0.4, 0.5) is 0 Å². The summed E-state index contributed by atoms with van der Waals surface area (Å²) in [5.74, 6) is -1.11. The molecule has 0 radical (unpaired) electrons. The van der Waals surface area contributed by atoms with Crippen LogP contribution >= 0.6 is 0 Å². The molecule has 1 aliphatic heterocycles. The van der Waals surface area contributed by atoms with E-state index >= 15 is 0 Å². The average Bonchev–Trinajstić information content (AvgIpc) is 2.43. The van der Waals surface area contributed by atoms with Crippen molar-refractivity contribution >= 4 is 5.97 Å². The first-order valence-electron chi connectivity index (χ1n) is 4.36. The minimum atomic E-state index is -0.576. The highest BCUT2D eigenvalue weighted by Gasteiger charge is 2.38. The van der Waals surface area contributed by atoms with Crippen LogP contribution in [0.1, 0.15) is 20.8 Å². The SMILES string of the molecule is COC(=O)[C@@H](C)[C@H]1COC(C)(C)O1.